The minimum absolute atomic E-state index is 0.401. The molecule has 1 heterocycles. The summed E-state index contributed by atoms with van der Waals surface area (Å²) >= 11 is 0. The molecule has 0 aliphatic heterocycles. The highest BCUT2D eigenvalue weighted by atomic mass is 16.2. The van der Waals surface area contributed by atoms with Crippen LogP contribution in [0.3, 0.4) is 0 Å². The number of imide groups is 1. The molecule has 0 saturated carbocycles. The molecule has 3 amide bonds. The SMILES string of the molecule is CC(=O)NC(=O)Nc1cc(C)nn1C. The monoisotopic (exact) mass is 196 g/mol. The lowest BCUT2D eigenvalue weighted by Crippen LogP contribution is -2.33. The van der Waals surface area contributed by atoms with E-state index in [2.05, 4.69) is 15.7 Å². The number of carbonyl (C=O) groups is 2. The van der Waals surface area contributed by atoms with Crippen LogP contribution in [0.15, 0.2) is 6.07 Å². The number of anilines is 1. The van der Waals surface area contributed by atoms with E-state index in [1.807, 2.05) is 6.92 Å². The highest BCUT2D eigenvalue weighted by Gasteiger charge is 2.07. The molecule has 6 heteroatoms. The first-order chi connectivity index (χ1) is 6.49. The predicted octanol–water partition coefficient (Wildman–Crippen LogP) is 0.397. The number of aromatic nitrogens is 2. The number of carbonyl (C=O) groups excluding carboxylic acids is 2. The Kier molecular flexibility index (Phi) is 2.85. The lowest BCUT2D eigenvalue weighted by atomic mass is 10.5. The molecule has 2 N–H and O–H groups in total. The van der Waals surface area contributed by atoms with Gasteiger partial charge in [-0.2, -0.15) is 5.10 Å². The van der Waals surface area contributed by atoms with Gasteiger partial charge in [0.25, 0.3) is 0 Å². The van der Waals surface area contributed by atoms with Crippen LogP contribution in [0.2, 0.25) is 0 Å². The summed E-state index contributed by atoms with van der Waals surface area (Å²) in [5.74, 6) is 0.141. The topological polar surface area (TPSA) is 76.0 Å². The summed E-state index contributed by atoms with van der Waals surface area (Å²) in [5.41, 5.74) is 0.797. The van der Waals surface area contributed by atoms with Crippen molar-refractivity contribution in [3.63, 3.8) is 0 Å². The van der Waals surface area contributed by atoms with E-state index < -0.39 is 11.9 Å². The number of rotatable bonds is 1. The predicted molar refractivity (Wildman–Crippen MR) is 50.8 cm³/mol. The second-order valence-corrected chi connectivity index (χ2v) is 2.93. The fourth-order valence-corrected chi connectivity index (χ4v) is 1.04. The molecule has 14 heavy (non-hydrogen) atoms. The van der Waals surface area contributed by atoms with E-state index in [0.29, 0.717) is 5.82 Å². The highest BCUT2D eigenvalue weighted by Crippen LogP contribution is 2.06. The van der Waals surface area contributed by atoms with E-state index in [9.17, 15) is 9.59 Å². The van der Waals surface area contributed by atoms with Crippen LogP contribution in [0.1, 0.15) is 12.6 Å². The summed E-state index contributed by atoms with van der Waals surface area (Å²) in [5, 5.41) is 8.62. The van der Waals surface area contributed by atoms with E-state index in [-0.39, 0.29) is 0 Å². The van der Waals surface area contributed by atoms with Gasteiger partial charge in [0, 0.05) is 20.0 Å². The normalized spacial score (nSPS) is 9.64. The number of amides is 3. The molecule has 6 nitrogen and oxygen atoms in total. The molecular formula is C8H12N4O2. The Labute approximate surface area is 81.3 Å². The zero-order valence-corrected chi connectivity index (χ0v) is 8.29. The lowest BCUT2D eigenvalue weighted by Gasteiger charge is -2.03. The van der Waals surface area contributed by atoms with Gasteiger partial charge in [-0.3, -0.25) is 20.1 Å². The molecule has 1 aromatic rings. The fourth-order valence-electron chi connectivity index (χ4n) is 1.04. The van der Waals surface area contributed by atoms with Gasteiger partial charge >= 0.3 is 6.03 Å². The van der Waals surface area contributed by atoms with Crippen molar-refractivity contribution in [2.24, 2.45) is 7.05 Å². The molecule has 0 spiro atoms. The summed E-state index contributed by atoms with van der Waals surface area (Å²) in [6.45, 7) is 3.09. The molecule has 0 aromatic carbocycles. The summed E-state index contributed by atoms with van der Waals surface area (Å²) < 4.78 is 1.52. The molecule has 0 atom stereocenters. The number of aryl methyl sites for hydroxylation is 2. The molecule has 1 aromatic heterocycles. The molecule has 76 valence electrons. The Morgan fingerprint density at radius 1 is 1.50 bits per heavy atom. The Morgan fingerprint density at radius 3 is 2.57 bits per heavy atom. The molecule has 0 unspecified atom stereocenters. The third-order valence-corrected chi connectivity index (χ3v) is 1.53. The second-order valence-electron chi connectivity index (χ2n) is 2.93. The van der Waals surface area contributed by atoms with Crippen LogP contribution in [-0.4, -0.2) is 21.7 Å². The van der Waals surface area contributed by atoms with E-state index in [0.717, 1.165) is 5.69 Å². The van der Waals surface area contributed by atoms with Crippen LogP contribution < -0.4 is 10.6 Å². The minimum Gasteiger partial charge on any atom is -0.292 e. The van der Waals surface area contributed by atoms with Gasteiger partial charge < -0.3 is 0 Å². The molecule has 0 aliphatic carbocycles. The lowest BCUT2D eigenvalue weighted by molar-refractivity contribution is -0.117. The maximum absolute atomic E-state index is 11.1. The van der Waals surface area contributed by atoms with E-state index in [4.69, 9.17) is 0 Å². The molecule has 0 bridgehead atoms. The van der Waals surface area contributed by atoms with Gasteiger partial charge in [-0.05, 0) is 6.92 Å². The average Bonchev–Trinajstić information content (AvgIpc) is 2.28. The Balaban J connectivity index is 2.64. The third kappa shape index (κ3) is 2.58. The highest BCUT2D eigenvalue weighted by molar-refractivity contribution is 5.99. The molecule has 0 saturated heterocycles. The van der Waals surface area contributed by atoms with Crippen LogP contribution in [0, 0.1) is 6.92 Å². The number of hydrogen-bond acceptors (Lipinski definition) is 3. The number of hydrogen-bond donors (Lipinski definition) is 2. The fraction of sp³-hybridized carbons (Fsp3) is 0.375. The zero-order valence-electron chi connectivity index (χ0n) is 8.29. The van der Waals surface area contributed by atoms with Gasteiger partial charge in [0.05, 0.1) is 5.69 Å². The van der Waals surface area contributed by atoms with Gasteiger partial charge in [-0.15, -0.1) is 0 Å². The second kappa shape index (κ2) is 3.91. The van der Waals surface area contributed by atoms with Crippen molar-refractivity contribution in [2.45, 2.75) is 13.8 Å². The van der Waals surface area contributed by atoms with E-state index in [1.54, 1.807) is 13.1 Å². The minimum atomic E-state index is -0.555. The molecule has 1 rings (SSSR count). The average molecular weight is 196 g/mol. The van der Waals surface area contributed by atoms with Gasteiger partial charge in [-0.1, -0.05) is 0 Å². The zero-order chi connectivity index (χ0) is 10.7. The van der Waals surface area contributed by atoms with Crippen molar-refractivity contribution >= 4 is 17.8 Å². The maximum atomic E-state index is 11.1. The van der Waals surface area contributed by atoms with Crippen molar-refractivity contribution < 1.29 is 9.59 Å². The molecular weight excluding hydrogens is 184 g/mol. The van der Waals surface area contributed by atoms with Crippen LogP contribution in [-0.2, 0) is 11.8 Å². The van der Waals surface area contributed by atoms with Crippen molar-refractivity contribution in [1.29, 1.82) is 0 Å². The van der Waals surface area contributed by atoms with Crippen LogP contribution in [0.4, 0.5) is 10.6 Å². The van der Waals surface area contributed by atoms with E-state index >= 15 is 0 Å². The van der Waals surface area contributed by atoms with Gasteiger partial charge in [0.2, 0.25) is 5.91 Å². The third-order valence-electron chi connectivity index (χ3n) is 1.53. The van der Waals surface area contributed by atoms with Crippen molar-refractivity contribution in [2.75, 3.05) is 5.32 Å². The van der Waals surface area contributed by atoms with Gasteiger partial charge in [0.1, 0.15) is 5.82 Å². The summed E-state index contributed by atoms with van der Waals surface area (Å²) in [4.78, 5) is 21.6. The van der Waals surface area contributed by atoms with Crippen LogP contribution in [0.5, 0.6) is 0 Å². The number of urea groups is 1. The quantitative estimate of drug-likeness (QED) is 0.682. The number of nitrogens with one attached hydrogen (secondary N) is 2. The van der Waals surface area contributed by atoms with E-state index in [1.165, 1.54) is 11.6 Å². The van der Waals surface area contributed by atoms with Crippen molar-refractivity contribution in [3.8, 4) is 0 Å². The Morgan fingerprint density at radius 2 is 2.14 bits per heavy atom. The Hall–Kier alpha value is -1.85. The Bertz CT molecular complexity index is 369. The smallest absolute Gasteiger partial charge is 0.292 e. The summed E-state index contributed by atoms with van der Waals surface area (Å²) in [6, 6.07) is 1.15. The summed E-state index contributed by atoms with van der Waals surface area (Å²) in [7, 11) is 1.70. The van der Waals surface area contributed by atoms with Crippen molar-refractivity contribution in [1.82, 2.24) is 15.1 Å². The summed E-state index contributed by atoms with van der Waals surface area (Å²) in [6.07, 6.45) is 0. The molecule has 0 aliphatic rings. The first kappa shape index (κ1) is 10.2. The van der Waals surface area contributed by atoms with Crippen LogP contribution >= 0.6 is 0 Å². The standard InChI is InChI=1S/C8H12N4O2/c1-5-4-7(12(3)11-5)10-8(14)9-6(2)13/h4H,1-3H3,(H2,9,10,13,14). The first-order valence-corrected chi connectivity index (χ1v) is 4.08. The first-order valence-electron chi connectivity index (χ1n) is 4.08. The van der Waals surface area contributed by atoms with Gasteiger partial charge in [0.15, 0.2) is 0 Å². The van der Waals surface area contributed by atoms with Crippen molar-refractivity contribution in [3.05, 3.63) is 11.8 Å². The largest absolute Gasteiger partial charge is 0.327 e. The van der Waals surface area contributed by atoms with Crippen LogP contribution in [0.25, 0.3) is 0 Å². The molecule has 0 radical (unpaired) electrons. The van der Waals surface area contributed by atoms with Gasteiger partial charge in [-0.25, -0.2) is 4.79 Å². The maximum Gasteiger partial charge on any atom is 0.327 e. The number of nitrogens with zero attached hydrogens (tertiary/aromatic N) is 2. The molecule has 0 fully saturated rings.